The van der Waals surface area contributed by atoms with Gasteiger partial charge in [-0.25, -0.2) is 13.2 Å². The number of carbonyl (C=O) groups is 1. The second-order valence-electron chi connectivity index (χ2n) is 4.82. The summed E-state index contributed by atoms with van der Waals surface area (Å²) in [6, 6.07) is 5.36. The van der Waals surface area contributed by atoms with Gasteiger partial charge in [0.05, 0.1) is 23.2 Å². The van der Waals surface area contributed by atoms with E-state index in [1.807, 2.05) is 4.89 Å². The van der Waals surface area contributed by atoms with E-state index in [0.717, 1.165) is 0 Å². The van der Waals surface area contributed by atoms with Gasteiger partial charge >= 0.3 is 5.97 Å². The van der Waals surface area contributed by atoms with E-state index in [1.165, 1.54) is 31.4 Å². The molecule has 1 aromatic carbocycles. The molecule has 1 rings (SSSR count). The molecule has 0 unspecified atom stereocenters. The van der Waals surface area contributed by atoms with E-state index in [2.05, 4.69) is 4.74 Å². The van der Waals surface area contributed by atoms with Gasteiger partial charge in [-0.15, -0.1) is 0 Å². The average molecular weight is 287 g/mol. The molecule has 0 radical (unpaired) electrons. The fourth-order valence-corrected chi connectivity index (χ4v) is 2.07. The molecule has 6 nitrogen and oxygen atoms in total. The SMILES string of the molecule is COC(=O)c1ccc(S(=O)(=O)NOC(C)(C)C)cc1. The number of rotatable bonds is 4. The van der Waals surface area contributed by atoms with Crippen LogP contribution < -0.4 is 4.89 Å². The second-order valence-corrected chi connectivity index (χ2v) is 6.46. The fraction of sp³-hybridized carbons (Fsp3) is 0.417. The molecular weight excluding hydrogens is 270 g/mol. The third-order valence-corrected chi connectivity index (χ3v) is 3.24. The Morgan fingerprint density at radius 2 is 1.68 bits per heavy atom. The molecule has 1 N–H and O–H groups in total. The number of hydrogen-bond donors (Lipinski definition) is 1. The van der Waals surface area contributed by atoms with Crippen LogP contribution in [-0.4, -0.2) is 27.1 Å². The first kappa shape index (κ1) is 15.6. The number of ether oxygens (including phenoxy) is 1. The highest BCUT2D eigenvalue weighted by Gasteiger charge is 2.19. The van der Waals surface area contributed by atoms with Gasteiger partial charge in [0, 0.05) is 0 Å². The molecule has 0 atom stereocenters. The van der Waals surface area contributed by atoms with Crippen molar-refractivity contribution in [2.24, 2.45) is 0 Å². The maximum atomic E-state index is 11.9. The summed E-state index contributed by atoms with van der Waals surface area (Å²) in [5.74, 6) is -0.525. The third kappa shape index (κ3) is 4.62. The summed E-state index contributed by atoms with van der Waals surface area (Å²) in [7, 11) is -2.51. The number of methoxy groups -OCH3 is 1. The molecule has 0 amide bonds. The van der Waals surface area contributed by atoms with Crippen molar-refractivity contribution >= 4 is 16.0 Å². The van der Waals surface area contributed by atoms with Crippen molar-refractivity contribution in [3.8, 4) is 0 Å². The highest BCUT2D eigenvalue weighted by molar-refractivity contribution is 7.89. The van der Waals surface area contributed by atoms with Crippen LogP contribution in [0.25, 0.3) is 0 Å². The number of sulfonamides is 1. The van der Waals surface area contributed by atoms with Gasteiger partial charge in [-0.2, -0.15) is 0 Å². The average Bonchev–Trinajstić information content (AvgIpc) is 2.35. The number of benzene rings is 1. The van der Waals surface area contributed by atoms with Crippen molar-refractivity contribution in [3.63, 3.8) is 0 Å². The third-order valence-electron chi connectivity index (χ3n) is 2.04. The lowest BCUT2D eigenvalue weighted by Crippen LogP contribution is -2.33. The quantitative estimate of drug-likeness (QED) is 0.670. The minimum absolute atomic E-state index is 0.00408. The van der Waals surface area contributed by atoms with Crippen LogP contribution >= 0.6 is 0 Å². The van der Waals surface area contributed by atoms with E-state index in [9.17, 15) is 13.2 Å². The largest absolute Gasteiger partial charge is 0.465 e. The summed E-state index contributed by atoms with van der Waals surface area (Å²) in [5, 5.41) is 0. The van der Waals surface area contributed by atoms with Gasteiger partial charge in [0.2, 0.25) is 0 Å². The first-order valence-corrected chi connectivity index (χ1v) is 7.02. The first-order chi connectivity index (χ1) is 8.65. The van der Waals surface area contributed by atoms with Gasteiger partial charge in [0.15, 0.2) is 0 Å². The number of nitrogens with one attached hydrogen (secondary N) is 1. The van der Waals surface area contributed by atoms with Crippen LogP contribution in [0.3, 0.4) is 0 Å². The number of carbonyl (C=O) groups excluding carboxylic acids is 1. The van der Waals surface area contributed by atoms with E-state index in [0.29, 0.717) is 0 Å². The predicted octanol–water partition coefficient (Wildman–Crippen LogP) is 1.48. The van der Waals surface area contributed by atoms with Crippen molar-refractivity contribution in [2.45, 2.75) is 31.3 Å². The van der Waals surface area contributed by atoms with Crippen molar-refractivity contribution in [3.05, 3.63) is 29.8 Å². The molecule has 0 spiro atoms. The van der Waals surface area contributed by atoms with Crippen LogP contribution in [0.4, 0.5) is 0 Å². The number of hydrogen-bond acceptors (Lipinski definition) is 5. The van der Waals surface area contributed by atoms with Gasteiger partial charge in [0.1, 0.15) is 0 Å². The van der Waals surface area contributed by atoms with E-state index >= 15 is 0 Å². The number of esters is 1. The van der Waals surface area contributed by atoms with E-state index < -0.39 is 21.6 Å². The molecule has 19 heavy (non-hydrogen) atoms. The van der Waals surface area contributed by atoms with Crippen LogP contribution in [0.1, 0.15) is 31.1 Å². The normalized spacial score (nSPS) is 12.2. The molecule has 0 saturated heterocycles. The van der Waals surface area contributed by atoms with Crippen LogP contribution in [0.15, 0.2) is 29.2 Å². The molecule has 0 heterocycles. The topological polar surface area (TPSA) is 81.7 Å². The summed E-state index contributed by atoms with van der Waals surface area (Å²) < 4.78 is 28.3. The highest BCUT2D eigenvalue weighted by atomic mass is 32.2. The van der Waals surface area contributed by atoms with Crippen molar-refractivity contribution in [1.82, 2.24) is 4.89 Å². The summed E-state index contributed by atoms with van der Waals surface area (Å²) in [6.45, 7) is 5.15. The molecule has 0 aromatic heterocycles. The van der Waals surface area contributed by atoms with Crippen LogP contribution in [0.5, 0.6) is 0 Å². The fourth-order valence-electron chi connectivity index (χ4n) is 1.12. The maximum absolute atomic E-state index is 11.9. The molecule has 1 aromatic rings. The van der Waals surface area contributed by atoms with Gasteiger partial charge in [-0.05, 0) is 45.0 Å². The van der Waals surface area contributed by atoms with Crippen LogP contribution in [0, 0.1) is 0 Å². The van der Waals surface area contributed by atoms with E-state index in [1.54, 1.807) is 20.8 Å². The van der Waals surface area contributed by atoms with Crippen molar-refractivity contribution in [2.75, 3.05) is 7.11 Å². The highest BCUT2D eigenvalue weighted by Crippen LogP contribution is 2.13. The Kier molecular flexibility index (Phi) is 4.67. The minimum Gasteiger partial charge on any atom is -0.465 e. The Morgan fingerprint density at radius 3 is 2.11 bits per heavy atom. The molecular formula is C12H17NO5S. The van der Waals surface area contributed by atoms with Crippen molar-refractivity contribution < 1.29 is 22.8 Å². The lowest BCUT2D eigenvalue weighted by molar-refractivity contribution is -0.0357. The van der Waals surface area contributed by atoms with Gasteiger partial charge < -0.3 is 4.74 Å². The summed E-state index contributed by atoms with van der Waals surface area (Å²) in [4.78, 5) is 18.3. The molecule has 7 heteroatoms. The smallest absolute Gasteiger partial charge is 0.337 e. The Balaban J connectivity index is 2.88. The molecule has 0 aliphatic heterocycles. The molecule has 0 saturated carbocycles. The Morgan fingerprint density at radius 1 is 1.16 bits per heavy atom. The lowest BCUT2D eigenvalue weighted by Gasteiger charge is -2.19. The van der Waals surface area contributed by atoms with Gasteiger partial charge in [-0.1, -0.05) is 4.89 Å². The standard InChI is InChI=1S/C12H17NO5S/c1-12(2,3)18-13-19(15,16)10-7-5-9(6-8-10)11(14)17-4/h5-8,13H,1-4H3. The van der Waals surface area contributed by atoms with E-state index in [-0.39, 0.29) is 10.5 Å². The lowest BCUT2D eigenvalue weighted by atomic mass is 10.2. The van der Waals surface area contributed by atoms with Crippen LogP contribution in [0.2, 0.25) is 0 Å². The van der Waals surface area contributed by atoms with E-state index in [4.69, 9.17) is 4.84 Å². The minimum atomic E-state index is -3.77. The zero-order valence-electron chi connectivity index (χ0n) is 11.3. The summed E-state index contributed by atoms with van der Waals surface area (Å²) in [5.41, 5.74) is -0.364. The second kappa shape index (κ2) is 5.68. The molecule has 106 valence electrons. The zero-order chi connectivity index (χ0) is 14.7. The van der Waals surface area contributed by atoms with Crippen LogP contribution in [-0.2, 0) is 19.6 Å². The Bertz CT molecular complexity index is 542. The summed E-state index contributed by atoms with van der Waals surface area (Å²) >= 11 is 0. The molecule has 0 aliphatic rings. The summed E-state index contributed by atoms with van der Waals surface area (Å²) in [6.07, 6.45) is 0. The molecule has 0 fully saturated rings. The predicted molar refractivity (Wildman–Crippen MR) is 68.9 cm³/mol. The molecule has 0 aliphatic carbocycles. The van der Waals surface area contributed by atoms with Crippen molar-refractivity contribution in [1.29, 1.82) is 0 Å². The Hall–Kier alpha value is -1.44. The van der Waals surface area contributed by atoms with Gasteiger partial charge in [-0.3, -0.25) is 4.84 Å². The van der Waals surface area contributed by atoms with Gasteiger partial charge in [0.25, 0.3) is 10.0 Å². The zero-order valence-corrected chi connectivity index (χ0v) is 12.1. The monoisotopic (exact) mass is 287 g/mol. The maximum Gasteiger partial charge on any atom is 0.337 e. The Labute approximate surface area is 112 Å². The first-order valence-electron chi connectivity index (χ1n) is 5.54. The molecule has 0 bridgehead atoms.